The van der Waals surface area contributed by atoms with Gasteiger partial charge in [-0.2, -0.15) is 0 Å². The molecule has 3 amide bonds. The quantitative estimate of drug-likeness (QED) is 0.428. The Morgan fingerprint density at radius 1 is 1.28 bits per heavy atom. The Hall–Kier alpha value is -2.04. The van der Waals surface area contributed by atoms with Crippen molar-refractivity contribution in [3.8, 4) is 5.75 Å². The second-order valence-electron chi connectivity index (χ2n) is 6.17. The maximum absolute atomic E-state index is 12.6. The van der Waals surface area contributed by atoms with Gasteiger partial charge in [-0.15, -0.1) is 0 Å². The predicted octanol–water partition coefficient (Wildman–Crippen LogP) is 4.94. The summed E-state index contributed by atoms with van der Waals surface area (Å²) in [4.78, 5) is 38.4. The third-order valence-corrected chi connectivity index (χ3v) is 6.11. The minimum Gasteiger partial charge on any atom is -0.496 e. The Kier molecular flexibility index (Phi) is 6.86. The van der Waals surface area contributed by atoms with Gasteiger partial charge in [0.25, 0.3) is 11.1 Å². The summed E-state index contributed by atoms with van der Waals surface area (Å²) in [5.74, 6) is -0.245. The van der Waals surface area contributed by atoms with Crippen LogP contribution in [0.25, 0.3) is 6.08 Å². The van der Waals surface area contributed by atoms with Crippen molar-refractivity contribution in [2.75, 3.05) is 19.0 Å². The summed E-state index contributed by atoms with van der Waals surface area (Å²) in [6.07, 6.45) is 1.63. The highest BCUT2D eigenvalue weighted by molar-refractivity contribution is 14.1. The smallest absolute Gasteiger partial charge is 0.294 e. The van der Waals surface area contributed by atoms with E-state index in [1.54, 1.807) is 43.5 Å². The molecule has 0 atom stereocenters. The van der Waals surface area contributed by atoms with Gasteiger partial charge in [0.2, 0.25) is 5.91 Å². The fourth-order valence-electron chi connectivity index (χ4n) is 2.62. The van der Waals surface area contributed by atoms with Crippen molar-refractivity contribution in [3.05, 3.63) is 61.0 Å². The van der Waals surface area contributed by atoms with E-state index in [4.69, 9.17) is 16.3 Å². The summed E-state index contributed by atoms with van der Waals surface area (Å²) in [6, 6.07) is 10.5. The van der Waals surface area contributed by atoms with Gasteiger partial charge in [0.15, 0.2) is 0 Å². The third-order valence-electron chi connectivity index (χ3n) is 4.12. The van der Waals surface area contributed by atoms with Crippen molar-refractivity contribution in [3.63, 3.8) is 0 Å². The van der Waals surface area contributed by atoms with Crippen molar-refractivity contribution in [1.29, 1.82) is 0 Å². The van der Waals surface area contributed by atoms with E-state index in [1.807, 2.05) is 13.0 Å². The number of carbonyl (C=O) groups is 3. The second kappa shape index (κ2) is 9.19. The zero-order valence-electron chi connectivity index (χ0n) is 15.5. The van der Waals surface area contributed by atoms with Crippen molar-refractivity contribution < 1.29 is 19.1 Å². The summed E-state index contributed by atoms with van der Waals surface area (Å²) >= 11 is 8.90. The molecule has 9 heteroatoms. The molecule has 29 heavy (non-hydrogen) atoms. The fourth-order valence-corrected chi connectivity index (χ4v) is 4.39. The van der Waals surface area contributed by atoms with Gasteiger partial charge in [0.05, 0.1) is 15.6 Å². The highest BCUT2D eigenvalue weighted by Crippen LogP contribution is 2.33. The van der Waals surface area contributed by atoms with Gasteiger partial charge in [-0.05, 0) is 82.7 Å². The number of imide groups is 1. The zero-order valence-corrected chi connectivity index (χ0v) is 19.2. The molecule has 150 valence electrons. The van der Waals surface area contributed by atoms with Gasteiger partial charge in [0.1, 0.15) is 12.3 Å². The maximum Gasteiger partial charge on any atom is 0.294 e. The van der Waals surface area contributed by atoms with Crippen molar-refractivity contribution in [2.45, 2.75) is 6.92 Å². The van der Waals surface area contributed by atoms with E-state index < -0.39 is 17.1 Å². The Labute approximate surface area is 190 Å². The average molecular weight is 543 g/mol. The van der Waals surface area contributed by atoms with E-state index in [0.29, 0.717) is 10.7 Å². The molecule has 1 aliphatic heterocycles. The number of halogens is 2. The number of anilines is 1. The van der Waals surface area contributed by atoms with Crippen LogP contribution in [0.5, 0.6) is 5.75 Å². The van der Waals surface area contributed by atoms with E-state index in [0.717, 1.165) is 37.1 Å². The summed E-state index contributed by atoms with van der Waals surface area (Å²) < 4.78 is 6.10. The molecule has 2 aromatic carbocycles. The molecule has 1 fully saturated rings. The Balaban J connectivity index is 1.72. The van der Waals surface area contributed by atoms with Crippen LogP contribution in [0.1, 0.15) is 11.1 Å². The lowest BCUT2D eigenvalue weighted by Crippen LogP contribution is -2.36. The first-order chi connectivity index (χ1) is 13.8. The molecule has 0 bridgehead atoms. The lowest BCUT2D eigenvalue weighted by molar-refractivity contribution is -0.127. The molecule has 0 radical (unpaired) electrons. The lowest BCUT2D eigenvalue weighted by atomic mass is 10.2. The van der Waals surface area contributed by atoms with Gasteiger partial charge in [-0.1, -0.05) is 23.7 Å². The third kappa shape index (κ3) is 5.12. The average Bonchev–Trinajstić information content (AvgIpc) is 2.92. The van der Waals surface area contributed by atoms with Crippen LogP contribution >= 0.6 is 46.0 Å². The van der Waals surface area contributed by atoms with Gasteiger partial charge < -0.3 is 10.1 Å². The van der Waals surface area contributed by atoms with Crippen LogP contribution in [0.3, 0.4) is 0 Å². The van der Waals surface area contributed by atoms with E-state index in [9.17, 15) is 14.4 Å². The van der Waals surface area contributed by atoms with Crippen LogP contribution in [-0.2, 0) is 9.59 Å². The molecule has 1 saturated heterocycles. The molecule has 0 aromatic heterocycles. The Morgan fingerprint density at radius 2 is 2.03 bits per heavy atom. The monoisotopic (exact) mass is 542 g/mol. The molecule has 0 unspecified atom stereocenters. The molecule has 2 aromatic rings. The number of carbonyl (C=O) groups excluding carboxylic acids is 3. The first-order valence-electron chi connectivity index (χ1n) is 8.43. The number of amides is 3. The molecular weight excluding hydrogens is 527 g/mol. The minimum atomic E-state index is -0.496. The Bertz CT molecular complexity index is 1040. The summed E-state index contributed by atoms with van der Waals surface area (Å²) in [5, 5.41) is 2.69. The number of hydrogen-bond donors (Lipinski definition) is 1. The van der Waals surface area contributed by atoms with Crippen LogP contribution in [0.15, 0.2) is 41.3 Å². The molecule has 0 spiro atoms. The largest absolute Gasteiger partial charge is 0.496 e. The topological polar surface area (TPSA) is 75.7 Å². The van der Waals surface area contributed by atoms with Gasteiger partial charge >= 0.3 is 0 Å². The predicted molar refractivity (Wildman–Crippen MR) is 123 cm³/mol. The number of thioether (sulfide) groups is 1. The highest BCUT2D eigenvalue weighted by atomic mass is 127. The van der Waals surface area contributed by atoms with Crippen LogP contribution in [0.4, 0.5) is 10.5 Å². The highest BCUT2D eigenvalue weighted by Gasteiger charge is 2.36. The summed E-state index contributed by atoms with van der Waals surface area (Å²) in [6.45, 7) is 1.46. The number of nitrogens with one attached hydrogen (secondary N) is 1. The lowest BCUT2D eigenvalue weighted by Gasteiger charge is -2.13. The van der Waals surface area contributed by atoms with Gasteiger partial charge in [-0.25, -0.2) is 0 Å². The van der Waals surface area contributed by atoms with E-state index in [2.05, 4.69) is 27.9 Å². The summed E-state index contributed by atoms with van der Waals surface area (Å²) in [7, 11) is 1.58. The SMILES string of the molecule is COc1ccc(/C=C2\SC(=O)N(CC(=O)Nc3cc(Cl)ccc3C)C2=O)cc1I. The molecule has 0 saturated carbocycles. The first kappa shape index (κ1) is 21.7. The van der Waals surface area contributed by atoms with E-state index >= 15 is 0 Å². The number of hydrogen-bond acceptors (Lipinski definition) is 5. The van der Waals surface area contributed by atoms with E-state index in [-0.39, 0.29) is 11.4 Å². The van der Waals surface area contributed by atoms with Crippen molar-refractivity contribution in [2.24, 2.45) is 0 Å². The van der Waals surface area contributed by atoms with Crippen LogP contribution in [0.2, 0.25) is 5.02 Å². The molecule has 1 aliphatic rings. The number of ether oxygens (including phenoxy) is 1. The van der Waals surface area contributed by atoms with Crippen LogP contribution < -0.4 is 10.1 Å². The van der Waals surface area contributed by atoms with E-state index in [1.165, 1.54) is 0 Å². The normalized spacial score (nSPS) is 15.2. The number of rotatable bonds is 5. The maximum atomic E-state index is 12.6. The van der Waals surface area contributed by atoms with Crippen molar-refractivity contribution >= 4 is 74.8 Å². The first-order valence-corrected chi connectivity index (χ1v) is 10.7. The summed E-state index contributed by atoms with van der Waals surface area (Å²) in [5.41, 5.74) is 2.13. The molecule has 3 rings (SSSR count). The van der Waals surface area contributed by atoms with Crippen LogP contribution in [-0.4, -0.2) is 35.6 Å². The standard InChI is InChI=1S/C20H16ClIN2O4S/c1-11-3-5-13(21)9-15(11)23-18(25)10-24-19(26)17(29-20(24)27)8-12-4-6-16(28-2)14(22)7-12/h3-9H,10H2,1-2H3,(H,23,25)/b17-8-. The van der Waals surface area contributed by atoms with Crippen LogP contribution in [0, 0.1) is 10.5 Å². The fraction of sp³-hybridized carbons (Fsp3) is 0.150. The zero-order chi connectivity index (χ0) is 21.1. The molecule has 6 nitrogen and oxygen atoms in total. The molecular formula is C20H16ClIN2O4S. The number of benzene rings is 2. The van der Waals surface area contributed by atoms with Crippen molar-refractivity contribution in [1.82, 2.24) is 4.90 Å². The van der Waals surface area contributed by atoms with Gasteiger partial charge in [0, 0.05) is 10.7 Å². The molecule has 1 N–H and O–H groups in total. The number of aryl methyl sites for hydroxylation is 1. The minimum absolute atomic E-state index is 0.266. The second-order valence-corrected chi connectivity index (χ2v) is 8.76. The number of methoxy groups -OCH3 is 1. The Morgan fingerprint density at radius 3 is 2.72 bits per heavy atom. The number of nitrogens with zero attached hydrogens (tertiary/aromatic N) is 1. The molecule has 0 aliphatic carbocycles. The van der Waals surface area contributed by atoms with Gasteiger partial charge in [-0.3, -0.25) is 19.3 Å². The molecule has 1 heterocycles.